The molecule has 1 aliphatic heterocycles. The molecule has 142 valence electrons. The van der Waals surface area contributed by atoms with Gasteiger partial charge in [0.1, 0.15) is 0 Å². The number of nitrogens with zero attached hydrogens (tertiary/aromatic N) is 1. The van der Waals surface area contributed by atoms with Crippen molar-refractivity contribution >= 4 is 11.9 Å². The van der Waals surface area contributed by atoms with Crippen LogP contribution in [0.1, 0.15) is 64.3 Å². The van der Waals surface area contributed by atoms with Gasteiger partial charge in [0.05, 0.1) is 11.6 Å². The Morgan fingerprint density at radius 2 is 1.85 bits per heavy atom. The first-order chi connectivity index (χ1) is 13.0. The van der Waals surface area contributed by atoms with Gasteiger partial charge in [0, 0.05) is 13.0 Å². The predicted octanol–water partition coefficient (Wildman–Crippen LogP) is 4.69. The molecule has 1 saturated heterocycles. The van der Waals surface area contributed by atoms with Gasteiger partial charge in [0.25, 0.3) is 0 Å². The van der Waals surface area contributed by atoms with E-state index >= 15 is 0 Å². The summed E-state index contributed by atoms with van der Waals surface area (Å²) >= 11 is 0. The van der Waals surface area contributed by atoms with Crippen LogP contribution in [0.5, 0.6) is 0 Å². The summed E-state index contributed by atoms with van der Waals surface area (Å²) in [5.41, 5.74) is 4.77. The van der Waals surface area contributed by atoms with E-state index in [0.717, 1.165) is 31.4 Å². The van der Waals surface area contributed by atoms with Crippen LogP contribution in [0.15, 0.2) is 42.5 Å². The minimum Gasteiger partial charge on any atom is -0.478 e. The average Bonchev–Trinajstić information content (AvgIpc) is 2.68. The van der Waals surface area contributed by atoms with E-state index in [9.17, 15) is 14.7 Å². The molecule has 0 aliphatic carbocycles. The number of benzene rings is 2. The molecule has 1 heterocycles. The van der Waals surface area contributed by atoms with Crippen molar-refractivity contribution < 1.29 is 14.7 Å². The maximum atomic E-state index is 13.0. The van der Waals surface area contributed by atoms with Crippen LogP contribution in [0, 0.1) is 13.8 Å². The van der Waals surface area contributed by atoms with Gasteiger partial charge >= 0.3 is 5.97 Å². The van der Waals surface area contributed by atoms with Gasteiger partial charge in [-0.25, -0.2) is 4.79 Å². The molecule has 2 aromatic carbocycles. The van der Waals surface area contributed by atoms with Crippen molar-refractivity contribution in [3.05, 3.63) is 70.3 Å². The highest BCUT2D eigenvalue weighted by Crippen LogP contribution is 2.34. The second kappa shape index (κ2) is 8.38. The van der Waals surface area contributed by atoms with Crippen molar-refractivity contribution in [2.24, 2.45) is 0 Å². The van der Waals surface area contributed by atoms with E-state index in [1.54, 1.807) is 18.2 Å². The predicted molar refractivity (Wildman–Crippen MR) is 106 cm³/mol. The number of aromatic carboxylic acids is 1. The second-order valence-corrected chi connectivity index (χ2v) is 7.35. The van der Waals surface area contributed by atoms with Crippen LogP contribution < -0.4 is 0 Å². The monoisotopic (exact) mass is 365 g/mol. The van der Waals surface area contributed by atoms with Crippen LogP contribution in [-0.2, 0) is 11.2 Å². The number of piperidine rings is 1. The smallest absolute Gasteiger partial charge is 0.335 e. The van der Waals surface area contributed by atoms with E-state index in [1.807, 2.05) is 11.0 Å². The van der Waals surface area contributed by atoms with Gasteiger partial charge in [0.2, 0.25) is 5.91 Å². The Labute approximate surface area is 160 Å². The Morgan fingerprint density at radius 1 is 1.07 bits per heavy atom. The molecule has 4 heteroatoms. The van der Waals surface area contributed by atoms with Crippen LogP contribution in [-0.4, -0.2) is 28.4 Å². The van der Waals surface area contributed by atoms with Crippen LogP contribution in [0.25, 0.3) is 0 Å². The number of aryl methyl sites for hydroxylation is 2. The topological polar surface area (TPSA) is 57.6 Å². The molecule has 27 heavy (non-hydrogen) atoms. The fourth-order valence-electron chi connectivity index (χ4n) is 4.02. The number of rotatable bonds is 5. The van der Waals surface area contributed by atoms with E-state index in [1.165, 1.54) is 16.7 Å². The van der Waals surface area contributed by atoms with E-state index in [-0.39, 0.29) is 17.5 Å². The number of carbonyl (C=O) groups is 2. The summed E-state index contributed by atoms with van der Waals surface area (Å²) in [5, 5.41) is 9.33. The van der Waals surface area contributed by atoms with Crippen molar-refractivity contribution in [2.45, 2.75) is 52.0 Å². The lowest BCUT2D eigenvalue weighted by molar-refractivity contribution is -0.135. The maximum absolute atomic E-state index is 13.0. The minimum atomic E-state index is -0.940. The molecular formula is C23H27NO3. The molecule has 1 N–H and O–H groups in total. The molecule has 0 saturated carbocycles. The normalized spacial score (nSPS) is 17.0. The van der Waals surface area contributed by atoms with Gasteiger partial charge in [-0.2, -0.15) is 0 Å². The molecule has 0 bridgehead atoms. The zero-order chi connectivity index (χ0) is 19.4. The van der Waals surface area contributed by atoms with Gasteiger partial charge in [-0.15, -0.1) is 0 Å². The third kappa shape index (κ3) is 4.21. The summed E-state index contributed by atoms with van der Waals surface area (Å²) < 4.78 is 0. The van der Waals surface area contributed by atoms with Crippen LogP contribution in [0.2, 0.25) is 0 Å². The Kier molecular flexibility index (Phi) is 5.94. The lowest BCUT2D eigenvalue weighted by Crippen LogP contribution is -2.39. The summed E-state index contributed by atoms with van der Waals surface area (Å²) in [4.78, 5) is 26.4. The van der Waals surface area contributed by atoms with Crippen molar-refractivity contribution in [1.29, 1.82) is 0 Å². The minimum absolute atomic E-state index is 0.112. The van der Waals surface area contributed by atoms with Crippen molar-refractivity contribution in [2.75, 3.05) is 6.54 Å². The highest BCUT2D eigenvalue weighted by Gasteiger charge is 2.29. The number of carboxylic acids is 1. The number of carboxylic acid groups (broad SMARTS) is 1. The van der Waals surface area contributed by atoms with Crippen molar-refractivity contribution in [3.63, 3.8) is 0 Å². The summed E-state index contributed by atoms with van der Waals surface area (Å²) in [6.45, 7) is 5.01. The second-order valence-electron chi connectivity index (χ2n) is 7.35. The Balaban J connectivity index is 1.76. The molecule has 1 fully saturated rings. The summed E-state index contributed by atoms with van der Waals surface area (Å²) in [5.74, 6) is -0.829. The molecule has 0 spiro atoms. The highest BCUT2D eigenvalue weighted by molar-refractivity contribution is 5.89. The molecule has 1 unspecified atom stereocenters. The van der Waals surface area contributed by atoms with Gasteiger partial charge < -0.3 is 10.0 Å². The van der Waals surface area contributed by atoms with E-state index < -0.39 is 5.97 Å². The van der Waals surface area contributed by atoms with Crippen LogP contribution >= 0.6 is 0 Å². The third-order valence-electron chi connectivity index (χ3n) is 5.68. The Morgan fingerprint density at radius 3 is 2.63 bits per heavy atom. The number of hydrogen-bond acceptors (Lipinski definition) is 2. The first kappa shape index (κ1) is 19.2. The quantitative estimate of drug-likeness (QED) is 0.836. The van der Waals surface area contributed by atoms with E-state index in [4.69, 9.17) is 0 Å². The van der Waals surface area contributed by atoms with Gasteiger partial charge in [-0.05, 0) is 67.9 Å². The molecule has 0 radical (unpaired) electrons. The number of likely N-dealkylation sites (tertiary alicyclic amines) is 1. The molecule has 3 rings (SSSR count). The molecule has 0 aromatic heterocycles. The van der Waals surface area contributed by atoms with Gasteiger partial charge in [-0.3, -0.25) is 4.79 Å². The average molecular weight is 365 g/mol. The summed E-state index contributed by atoms with van der Waals surface area (Å²) in [6.07, 6.45) is 3.94. The highest BCUT2D eigenvalue weighted by atomic mass is 16.4. The van der Waals surface area contributed by atoms with Gasteiger partial charge in [-0.1, -0.05) is 36.4 Å². The molecule has 2 aromatic rings. The van der Waals surface area contributed by atoms with Crippen LogP contribution in [0.4, 0.5) is 0 Å². The van der Waals surface area contributed by atoms with Crippen molar-refractivity contribution in [1.82, 2.24) is 4.90 Å². The molecule has 1 atom stereocenters. The first-order valence-corrected chi connectivity index (χ1v) is 9.66. The molecular weight excluding hydrogens is 338 g/mol. The molecule has 1 aliphatic rings. The van der Waals surface area contributed by atoms with Crippen LogP contribution in [0.3, 0.4) is 0 Å². The molecule has 1 amide bonds. The number of hydrogen-bond donors (Lipinski definition) is 1. The summed E-state index contributed by atoms with van der Waals surface area (Å²) in [7, 11) is 0. The van der Waals surface area contributed by atoms with E-state index in [2.05, 4.69) is 32.0 Å². The Hall–Kier alpha value is -2.62. The fourth-order valence-corrected chi connectivity index (χ4v) is 4.02. The molecule has 4 nitrogen and oxygen atoms in total. The largest absolute Gasteiger partial charge is 0.478 e. The van der Waals surface area contributed by atoms with Gasteiger partial charge in [0.15, 0.2) is 0 Å². The zero-order valence-electron chi connectivity index (χ0n) is 16.1. The SMILES string of the molecule is Cc1cccc(C2CCCCN2C(=O)CCc2ccccc2C(=O)O)c1C. The Bertz CT molecular complexity index is 843. The lowest BCUT2D eigenvalue weighted by atomic mass is 9.90. The third-order valence-corrected chi connectivity index (χ3v) is 5.68. The fraction of sp³-hybridized carbons (Fsp3) is 0.391. The number of carbonyl (C=O) groups excluding carboxylic acids is 1. The maximum Gasteiger partial charge on any atom is 0.335 e. The van der Waals surface area contributed by atoms with Crippen molar-refractivity contribution in [3.8, 4) is 0 Å². The summed E-state index contributed by atoms with van der Waals surface area (Å²) in [6, 6.07) is 13.4. The first-order valence-electron chi connectivity index (χ1n) is 9.66. The zero-order valence-corrected chi connectivity index (χ0v) is 16.1. The number of amides is 1. The standard InChI is InChI=1S/C23H27NO3/c1-16-8-7-11-19(17(16)2)21-12-5-6-15-24(21)22(25)14-13-18-9-3-4-10-20(18)23(26)27/h3-4,7-11,21H,5-6,12-15H2,1-2H3,(H,26,27). The lowest BCUT2D eigenvalue weighted by Gasteiger charge is -2.37. The van der Waals surface area contributed by atoms with E-state index in [0.29, 0.717) is 12.8 Å².